The molecular formula is C17H24N2O3. The van der Waals surface area contributed by atoms with Crippen molar-refractivity contribution in [2.75, 3.05) is 26.8 Å². The van der Waals surface area contributed by atoms with Crippen LogP contribution in [0.1, 0.15) is 30.7 Å². The van der Waals surface area contributed by atoms with E-state index < -0.39 is 0 Å². The van der Waals surface area contributed by atoms with Gasteiger partial charge in [-0.15, -0.1) is 0 Å². The minimum atomic E-state index is -0.113. The van der Waals surface area contributed by atoms with Crippen molar-refractivity contribution >= 4 is 5.91 Å². The molecule has 0 spiro atoms. The first-order valence-corrected chi connectivity index (χ1v) is 7.99. The average Bonchev–Trinajstić information content (AvgIpc) is 2.60. The van der Waals surface area contributed by atoms with Crippen LogP contribution in [0, 0.1) is 0 Å². The van der Waals surface area contributed by atoms with Gasteiger partial charge in [0.05, 0.1) is 18.6 Å². The summed E-state index contributed by atoms with van der Waals surface area (Å²) >= 11 is 0. The van der Waals surface area contributed by atoms with E-state index in [-0.39, 0.29) is 24.0 Å². The van der Waals surface area contributed by atoms with Gasteiger partial charge in [-0.3, -0.25) is 4.79 Å². The summed E-state index contributed by atoms with van der Waals surface area (Å²) in [5.41, 5.74) is 6.90. The monoisotopic (exact) mass is 304 g/mol. The molecule has 5 heteroatoms. The predicted octanol–water partition coefficient (Wildman–Crippen LogP) is 1.52. The molecule has 1 aromatic carbocycles. The number of carbonyl (C=O) groups is 1. The molecule has 22 heavy (non-hydrogen) atoms. The predicted molar refractivity (Wildman–Crippen MR) is 83.9 cm³/mol. The maximum atomic E-state index is 13.1. The first-order chi connectivity index (χ1) is 10.7. The lowest BCUT2D eigenvalue weighted by Gasteiger charge is -2.41. The number of ether oxygens (including phenoxy) is 2. The summed E-state index contributed by atoms with van der Waals surface area (Å²) < 4.78 is 11.1. The van der Waals surface area contributed by atoms with E-state index in [1.165, 1.54) is 0 Å². The van der Waals surface area contributed by atoms with E-state index in [2.05, 4.69) is 0 Å². The Labute approximate surface area is 131 Å². The van der Waals surface area contributed by atoms with E-state index >= 15 is 0 Å². The smallest absolute Gasteiger partial charge is 0.230 e. The molecule has 2 aliphatic heterocycles. The van der Waals surface area contributed by atoms with Crippen molar-refractivity contribution in [2.24, 2.45) is 5.73 Å². The van der Waals surface area contributed by atoms with Crippen molar-refractivity contribution in [1.82, 2.24) is 4.90 Å². The summed E-state index contributed by atoms with van der Waals surface area (Å²) in [5.74, 6) is 0.905. The average molecular weight is 304 g/mol. The maximum absolute atomic E-state index is 13.1. The molecule has 1 amide bonds. The molecule has 1 saturated heterocycles. The Morgan fingerprint density at radius 1 is 1.41 bits per heavy atom. The highest BCUT2D eigenvalue weighted by Gasteiger charge is 2.36. The molecule has 0 saturated carbocycles. The van der Waals surface area contributed by atoms with Crippen molar-refractivity contribution in [3.05, 3.63) is 29.8 Å². The van der Waals surface area contributed by atoms with E-state index in [1.807, 2.05) is 29.2 Å². The standard InChI is InChI=1S/C17H24N2O3/c1-21-13-6-8-19(12(10-13)11-18)17(20)15-7-9-22-16-5-3-2-4-14(15)16/h2-5,12-13,15H,6-11,18H2,1H3. The minimum absolute atomic E-state index is 0.0706. The number of benzene rings is 1. The third kappa shape index (κ3) is 2.83. The van der Waals surface area contributed by atoms with Gasteiger partial charge >= 0.3 is 0 Å². The van der Waals surface area contributed by atoms with Crippen LogP contribution in [0.5, 0.6) is 5.75 Å². The number of carbonyl (C=O) groups excluding carboxylic acids is 1. The fraction of sp³-hybridized carbons (Fsp3) is 0.588. The zero-order chi connectivity index (χ0) is 15.5. The lowest BCUT2D eigenvalue weighted by atomic mass is 9.89. The number of fused-ring (bicyclic) bond motifs is 1. The Kier molecular flexibility index (Phi) is 4.64. The van der Waals surface area contributed by atoms with Crippen molar-refractivity contribution in [1.29, 1.82) is 0 Å². The third-order valence-electron chi connectivity index (χ3n) is 4.81. The third-order valence-corrected chi connectivity index (χ3v) is 4.81. The second kappa shape index (κ2) is 6.67. The number of piperidine rings is 1. The van der Waals surface area contributed by atoms with Gasteiger partial charge in [-0.1, -0.05) is 18.2 Å². The van der Waals surface area contributed by atoms with Gasteiger partial charge in [0.15, 0.2) is 0 Å². The van der Waals surface area contributed by atoms with Gasteiger partial charge in [-0.2, -0.15) is 0 Å². The van der Waals surface area contributed by atoms with Crippen LogP contribution in [-0.4, -0.2) is 49.8 Å². The van der Waals surface area contributed by atoms with Crippen molar-refractivity contribution in [2.45, 2.75) is 37.3 Å². The molecule has 0 aliphatic carbocycles. The van der Waals surface area contributed by atoms with Crippen molar-refractivity contribution in [3.63, 3.8) is 0 Å². The molecule has 1 fully saturated rings. The fourth-order valence-corrected chi connectivity index (χ4v) is 3.54. The summed E-state index contributed by atoms with van der Waals surface area (Å²) in [6.45, 7) is 1.80. The number of nitrogens with zero attached hydrogens (tertiary/aromatic N) is 1. The Bertz CT molecular complexity index is 534. The normalized spacial score (nSPS) is 27.9. The quantitative estimate of drug-likeness (QED) is 0.919. The first kappa shape index (κ1) is 15.3. The lowest BCUT2D eigenvalue weighted by molar-refractivity contribution is -0.139. The van der Waals surface area contributed by atoms with E-state index in [1.54, 1.807) is 7.11 Å². The Balaban J connectivity index is 1.79. The van der Waals surface area contributed by atoms with E-state index in [4.69, 9.17) is 15.2 Å². The zero-order valence-corrected chi connectivity index (χ0v) is 13.0. The first-order valence-electron chi connectivity index (χ1n) is 7.99. The van der Waals surface area contributed by atoms with Gasteiger partial charge in [0.2, 0.25) is 5.91 Å². The summed E-state index contributed by atoms with van der Waals surface area (Å²) in [5, 5.41) is 0. The van der Waals surface area contributed by atoms with Gasteiger partial charge in [0.1, 0.15) is 5.75 Å². The van der Waals surface area contributed by atoms with Crippen LogP contribution >= 0.6 is 0 Å². The second-order valence-corrected chi connectivity index (χ2v) is 6.03. The number of para-hydroxylation sites is 1. The molecule has 120 valence electrons. The molecular weight excluding hydrogens is 280 g/mol. The van der Waals surface area contributed by atoms with Crippen LogP contribution in [-0.2, 0) is 9.53 Å². The molecule has 3 unspecified atom stereocenters. The summed E-state index contributed by atoms with van der Waals surface area (Å²) in [7, 11) is 1.73. The Morgan fingerprint density at radius 2 is 2.23 bits per heavy atom. The maximum Gasteiger partial charge on any atom is 0.230 e. The van der Waals surface area contributed by atoms with Crippen molar-refractivity contribution in [3.8, 4) is 5.75 Å². The van der Waals surface area contributed by atoms with Crippen LogP contribution in [0.3, 0.4) is 0 Å². The van der Waals surface area contributed by atoms with Crippen molar-refractivity contribution < 1.29 is 14.3 Å². The molecule has 2 heterocycles. The number of rotatable bonds is 3. The highest BCUT2D eigenvalue weighted by atomic mass is 16.5. The highest BCUT2D eigenvalue weighted by Crippen LogP contribution is 2.35. The van der Waals surface area contributed by atoms with Gasteiger partial charge in [0.25, 0.3) is 0 Å². The molecule has 3 atom stereocenters. The van der Waals surface area contributed by atoms with Crippen LogP contribution < -0.4 is 10.5 Å². The minimum Gasteiger partial charge on any atom is -0.493 e. The molecule has 0 aromatic heterocycles. The van der Waals surface area contributed by atoms with Gasteiger partial charge in [-0.05, 0) is 25.3 Å². The number of likely N-dealkylation sites (tertiary alicyclic amines) is 1. The van der Waals surface area contributed by atoms with Crippen LogP contribution in [0.25, 0.3) is 0 Å². The zero-order valence-electron chi connectivity index (χ0n) is 13.0. The molecule has 3 rings (SSSR count). The molecule has 2 aliphatic rings. The number of hydrogen-bond acceptors (Lipinski definition) is 4. The summed E-state index contributed by atoms with van der Waals surface area (Å²) in [4.78, 5) is 15.0. The largest absolute Gasteiger partial charge is 0.493 e. The molecule has 1 aromatic rings. The van der Waals surface area contributed by atoms with E-state index in [0.29, 0.717) is 13.2 Å². The number of methoxy groups -OCH3 is 1. The van der Waals surface area contributed by atoms with Gasteiger partial charge < -0.3 is 20.1 Å². The summed E-state index contributed by atoms with van der Waals surface area (Å²) in [6.07, 6.45) is 2.64. The van der Waals surface area contributed by atoms with E-state index in [9.17, 15) is 4.79 Å². The van der Waals surface area contributed by atoms with Crippen LogP contribution in [0.2, 0.25) is 0 Å². The van der Waals surface area contributed by atoms with Crippen LogP contribution in [0.4, 0.5) is 0 Å². The number of amides is 1. The van der Waals surface area contributed by atoms with Crippen LogP contribution in [0.15, 0.2) is 24.3 Å². The Morgan fingerprint density at radius 3 is 3.00 bits per heavy atom. The highest BCUT2D eigenvalue weighted by molar-refractivity contribution is 5.85. The molecule has 0 radical (unpaired) electrons. The Hall–Kier alpha value is -1.59. The SMILES string of the molecule is COC1CCN(C(=O)C2CCOc3ccccc32)C(CN)C1. The summed E-state index contributed by atoms with van der Waals surface area (Å²) in [6, 6.07) is 7.91. The molecule has 5 nitrogen and oxygen atoms in total. The molecule has 0 bridgehead atoms. The molecule has 2 N–H and O–H groups in total. The lowest BCUT2D eigenvalue weighted by Crippen LogP contribution is -2.52. The number of nitrogens with two attached hydrogens (primary N) is 1. The van der Waals surface area contributed by atoms with E-state index in [0.717, 1.165) is 37.1 Å². The number of hydrogen-bond donors (Lipinski definition) is 1. The topological polar surface area (TPSA) is 64.8 Å². The van der Waals surface area contributed by atoms with Gasteiger partial charge in [-0.25, -0.2) is 0 Å². The van der Waals surface area contributed by atoms with Gasteiger partial charge in [0, 0.05) is 31.8 Å². The fourth-order valence-electron chi connectivity index (χ4n) is 3.54. The second-order valence-electron chi connectivity index (χ2n) is 6.03.